The summed E-state index contributed by atoms with van der Waals surface area (Å²) in [5, 5.41) is 7.32. The lowest BCUT2D eigenvalue weighted by atomic mass is 10.1. The van der Waals surface area contributed by atoms with Crippen LogP contribution in [-0.2, 0) is 0 Å². The summed E-state index contributed by atoms with van der Waals surface area (Å²) in [6.07, 6.45) is 0. The van der Waals surface area contributed by atoms with E-state index >= 15 is 0 Å². The Morgan fingerprint density at radius 1 is 0.968 bits per heavy atom. The highest BCUT2D eigenvalue weighted by atomic mass is 19.1. The van der Waals surface area contributed by atoms with E-state index in [0.717, 1.165) is 0 Å². The van der Waals surface area contributed by atoms with E-state index in [1.165, 1.54) is 28.9 Å². The van der Waals surface area contributed by atoms with Crippen LogP contribution in [0.25, 0.3) is 16.6 Å². The first-order valence-corrected chi connectivity index (χ1v) is 9.59. The summed E-state index contributed by atoms with van der Waals surface area (Å²) in [5.74, 6) is 0.0416. The fourth-order valence-corrected chi connectivity index (χ4v) is 3.42. The number of para-hydroxylation sites is 1. The minimum Gasteiger partial charge on any atom is -0.486 e. The number of amides is 1. The van der Waals surface area contributed by atoms with Crippen LogP contribution < -0.4 is 20.2 Å². The monoisotopic (exact) mass is 417 g/mol. The summed E-state index contributed by atoms with van der Waals surface area (Å²) in [6, 6.07) is 17.4. The maximum absolute atomic E-state index is 13.4. The molecule has 0 spiro atoms. The average molecular weight is 417 g/mol. The molecule has 154 valence electrons. The van der Waals surface area contributed by atoms with Gasteiger partial charge in [-0.2, -0.15) is 5.10 Å². The number of aromatic nitrogens is 2. The second-order valence-electron chi connectivity index (χ2n) is 6.90. The first kappa shape index (κ1) is 18.8. The normalized spacial score (nSPS) is 12.5. The number of nitrogens with zero attached hydrogens (tertiary/aromatic N) is 2. The van der Waals surface area contributed by atoms with Crippen LogP contribution in [0.2, 0.25) is 0 Å². The summed E-state index contributed by atoms with van der Waals surface area (Å²) in [7, 11) is 0. The van der Waals surface area contributed by atoms with Crippen LogP contribution in [0.15, 0.2) is 71.5 Å². The lowest BCUT2D eigenvalue weighted by Gasteiger charge is -2.19. The Kier molecular flexibility index (Phi) is 4.59. The van der Waals surface area contributed by atoms with Gasteiger partial charge in [0.2, 0.25) is 5.43 Å². The molecule has 0 atom stereocenters. The number of carbonyl (C=O) groups is 1. The standard InChI is InChI=1S/C23H16FN3O4/c24-14-5-8-16(9-6-14)27-18-4-2-1-3-17(18)22(28)21(26-27)23(29)25-15-7-10-19-20(13-15)31-12-11-30-19/h1-10,13H,11-12H2,(H,25,29). The molecule has 1 aliphatic rings. The van der Waals surface area contributed by atoms with E-state index in [1.807, 2.05) is 0 Å². The molecule has 0 saturated heterocycles. The van der Waals surface area contributed by atoms with E-state index in [9.17, 15) is 14.0 Å². The first-order valence-electron chi connectivity index (χ1n) is 9.59. The van der Waals surface area contributed by atoms with Crippen LogP contribution in [0.1, 0.15) is 10.5 Å². The summed E-state index contributed by atoms with van der Waals surface area (Å²) in [4.78, 5) is 26.0. The molecule has 0 saturated carbocycles. The van der Waals surface area contributed by atoms with E-state index in [0.29, 0.717) is 47.0 Å². The molecule has 0 bridgehead atoms. The number of halogens is 1. The molecule has 1 aromatic heterocycles. The number of hydrogen-bond acceptors (Lipinski definition) is 5. The number of hydrogen-bond donors (Lipinski definition) is 1. The van der Waals surface area contributed by atoms with Crippen molar-refractivity contribution in [2.24, 2.45) is 0 Å². The van der Waals surface area contributed by atoms with Crippen LogP contribution in [0, 0.1) is 5.82 Å². The molecular formula is C23H16FN3O4. The van der Waals surface area contributed by atoms with Gasteiger partial charge in [-0.3, -0.25) is 9.59 Å². The van der Waals surface area contributed by atoms with Gasteiger partial charge in [-0.25, -0.2) is 9.07 Å². The van der Waals surface area contributed by atoms with Crippen LogP contribution in [0.5, 0.6) is 11.5 Å². The number of rotatable bonds is 3. The largest absolute Gasteiger partial charge is 0.486 e. The Morgan fingerprint density at radius 3 is 2.52 bits per heavy atom. The fourth-order valence-electron chi connectivity index (χ4n) is 3.42. The van der Waals surface area contributed by atoms with Gasteiger partial charge in [0.15, 0.2) is 17.2 Å². The van der Waals surface area contributed by atoms with Crippen molar-refractivity contribution in [3.8, 4) is 17.2 Å². The molecule has 1 amide bonds. The Bertz CT molecular complexity index is 1370. The van der Waals surface area contributed by atoms with Crippen molar-refractivity contribution in [1.82, 2.24) is 9.78 Å². The highest BCUT2D eigenvalue weighted by Crippen LogP contribution is 2.32. The van der Waals surface area contributed by atoms with E-state index in [-0.39, 0.29) is 5.69 Å². The number of ether oxygens (including phenoxy) is 2. The molecule has 2 heterocycles. The van der Waals surface area contributed by atoms with Crippen molar-refractivity contribution in [3.63, 3.8) is 0 Å². The molecule has 31 heavy (non-hydrogen) atoms. The summed E-state index contributed by atoms with van der Waals surface area (Å²) >= 11 is 0. The minimum absolute atomic E-state index is 0.280. The van der Waals surface area contributed by atoms with E-state index in [1.54, 1.807) is 42.5 Å². The van der Waals surface area contributed by atoms with Gasteiger partial charge in [-0.15, -0.1) is 0 Å². The summed E-state index contributed by atoms with van der Waals surface area (Å²) in [5.41, 5.74) is 0.694. The molecule has 0 unspecified atom stereocenters. The Labute approximate surface area is 175 Å². The van der Waals surface area contributed by atoms with Gasteiger partial charge >= 0.3 is 0 Å². The second kappa shape index (κ2) is 7.56. The smallest absolute Gasteiger partial charge is 0.280 e. The van der Waals surface area contributed by atoms with Crippen molar-refractivity contribution in [3.05, 3.63) is 88.5 Å². The lowest BCUT2D eigenvalue weighted by molar-refractivity contribution is 0.102. The predicted octanol–water partition coefficient (Wildman–Crippen LogP) is 3.55. The summed E-state index contributed by atoms with van der Waals surface area (Å²) < 4.78 is 25.8. The maximum Gasteiger partial charge on any atom is 0.280 e. The van der Waals surface area contributed by atoms with Crippen LogP contribution in [-0.4, -0.2) is 28.9 Å². The van der Waals surface area contributed by atoms with Crippen LogP contribution in [0.3, 0.4) is 0 Å². The molecule has 7 nitrogen and oxygen atoms in total. The van der Waals surface area contributed by atoms with E-state index in [2.05, 4.69) is 10.4 Å². The zero-order valence-electron chi connectivity index (χ0n) is 16.2. The van der Waals surface area contributed by atoms with Gasteiger partial charge in [0.05, 0.1) is 16.6 Å². The van der Waals surface area contributed by atoms with E-state index < -0.39 is 17.2 Å². The molecule has 0 fully saturated rings. The Balaban J connectivity index is 1.58. The molecule has 3 aromatic carbocycles. The van der Waals surface area contributed by atoms with Gasteiger partial charge in [0.1, 0.15) is 19.0 Å². The molecule has 4 aromatic rings. The molecule has 0 aliphatic carbocycles. The fraction of sp³-hybridized carbons (Fsp3) is 0.0870. The highest BCUT2D eigenvalue weighted by Gasteiger charge is 2.19. The zero-order valence-corrected chi connectivity index (χ0v) is 16.2. The molecular weight excluding hydrogens is 401 g/mol. The van der Waals surface area contributed by atoms with Gasteiger partial charge in [0, 0.05) is 11.8 Å². The second-order valence-corrected chi connectivity index (χ2v) is 6.90. The van der Waals surface area contributed by atoms with Crippen molar-refractivity contribution in [1.29, 1.82) is 0 Å². The SMILES string of the molecule is O=C(Nc1ccc2c(c1)OCCO2)c1nn(-c2ccc(F)cc2)c2ccccc2c1=O. The summed E-state index contributed by atoms with van der Waals surface area (Å²) in [6.45, 7) is 0.877. The van der Waals surface area contributed by atoms with Gasteiger partial charge in [0.25, 0.3) is 5.91 Å². The maximum atomic E-state index is 13.4. The number of fused-ring (bicyclic) bond motifs is 2. The van der Waals surface area contributed by atoms with Gasteiger partial charge in [-0.05, 0) is 48.5 Å². The molecule has 1 N–H and O–H groups in total. The van der Waals surface area contributed by atoms with Crippen molar-refractivity contribution >= 4 is 22.5 Å². The molecule has 1 aliphatic heterocycles. The van der Waals surface area contributed by atoms with Crippen LogP contribution in [0.4, 0.5) is 10.1 Å². The van der Waals surface area contributed by atoms with Crippen molar-refractivity contribution in [2.45, 2.75) is 0 Å². The molecule has 5 rings (SSSR count). The van der Waals surface area contributed by atoms with Gasteiger partial charge < -0.3 is 14.8 Å². The predicted molar refractivity (Wildman–Crippen MR) is 113 cm³/mol. The topological polar surface area (TPSA) is 82.4 Å². The van der Waals surface area contributed by atoms with Crippen molar-refractivity contribution in [2.75, 3.05) is 18.5 Å². The molecule has 8 heteroatoms. The van der Waals surface area contributed by atoms with Crippen molar-refractivity contribution < 1.29 is 18.7 Å². The quantitative estimate of drug-likeness (QED) is 0.551. The Hall–Kier alpha value is -4.20. The minimum atomic E-state index is -0.664. The number of nitrogens with one attached hydrogen (secondary N) is 1. The number of benzene rings is 3. The van der Waals surface area contributed by atoms with Gasteiger partial charge in [-0.1, -0.05) is 12.1 Å². The average Bonchev–Trinajstić information content (AvgIpc) is 2.80. The third-order valence-corrected chi connectivity index (χ3v) is 4.88. The first-order chi connectivity index (χ1) is 15.1. The lowest BCUT2D eigenvalue weighted by Crippen LogP contribution is -2.27. The third kappa shape index (κ3) is 3.48. The van der Waals surface area contributed by atoms with E-state index in [4.69, 9.17) is 9.47 Å². The Morgan fingerprint density at radius 2 is 1.71 bits per heavy atom. The number of carbonyl (C=O) groups excluding carboxylic acids is 1. The molecule has 0 radical (unpaired) electrons. The van der Waals surface area contributed by atoms with Crippen LogP contribution >= 0.6 is 0 Å². The number of anilines is 1. The zero-order chi connectivity index (χ0) is 21.4. The third-order valence-electron chi connectivity index (χ3n) is 4.88. The highest BCUT2D eigenvalue weighted by molar-refractivity contribution is 6.04.